The number of fused-ring (bicyclic) bond motifs is 7. The molecule has 8 rings (SSSR count). The van der Waals surface area contributed by atoms with Gasteiger partial charge in [0.2, 0.25) is 0 Å². The van der Waals surface area contributed by atoms with Crippen LogP contribution in [0.15, 0.2) is 169 Å². The monoisotopic (exact) mass is 665 g/mol. The fraction of sp³-hybridized carbons (Fsp3) is 0.146. The van der Waals surface area contributed by atoms with Crippen molar-refractivity contribution in [3.63, 3.8) is 0 Å². The molecule has 0 aliphatic heterocycles. The summed E-state index contributed by atoms with van der Waals surface area (Å²) in [5.74, 6) is 0.999. The number of hydrogen-bond acceptors (Lipinski definition) is 1. The summed E-state index contributed by atoms with van der Waals surface area (Å²) in [7, 11) is 0. The average Bonchev–Trinajstić information content (AvgIpc) is 3.71. The van der Waals surface area contributed by atoms with E-state index in [0.29, 0.717) is 0 Å². The summed E-state index contributed by atoms with van der Waals surface area (Å²) >= 11 is 0. The van der Waals surface area contributed by atoms with Gasteiger partial charge in [-0.3, -0.25) is 4.57 Å². The lowest BCUT2D eigenvalue weighted by molar-refractivity contribution is 1.04. The first-order valence-electron chi connectivity index (χ1n) is 18.0. The van der Waals surface area contributed by atoms with Crippen molar-refractivity contribution >= 4 is 60.7 Å². The molecule has 0 atom stereocenters. The van der Waals surface area contributed by atoms with Crippen molar-refractivity contribution in [2.45, 2.75) is 48.0 Å². The van der Waals surface area contributed by atoms with E-state index in [1.165, 1.54) is 54.7 Å². The quantitative estimate of drug-likeness (QED) is 0.158. The third kappa shape index (κ3) is 6.80. The summed E-state index contributed by atoms with van der Waals surface area (Å²) in [5.41, 5.74) is 11.7. The van der Waals surface area contributed by atoms with Gasteiger partial charge in [0.15, 0.2) is 0 Å². The maximum absolute atomic E-state index is 5.36. The smallest absolute Gasteiger partial charge is 0.136 e. The van der Waals surface area contributed by atoms with Crippen molar-refractivity contribution in [2.75, 3.05) is 0 Å². The Kier molecular flexibility index (Phi) is 10.8. The van der Waals surface area contributed by atoms with Crippen LogP contribution in [0.1, 0.15) is 59.1 Å². The molecule has 8 aromatic rings. The van der Waals surface area contributed by atoms with Crippen molar-refractivity contribution < 1.29 is 0 Å². The molecule has 0 aliphatic carbocycles. The Balaban J connectivity index is 0.000000353. The Bertz CT molecular complexity index is 2490. The van der Waals surface area contributed by atoms with Crippen LogP contribution in [0.3, 0.4) is 0 Å². The number of hydrogen-bond donors (Lipinski definition) is 0. The van der Waals surface area contributed by atoms with Crippen molar-refractivity contribution in [1.82, 2.24) is 9.13 Å². The van der Waals surface area contributed by atoms with E-state index >= 15 is 0 Å². The zero-order valence-corrected chi connectivity index (χ0v) is 30.7. The van der Waals surface area contributed by atoms with Crippen LogP contribution in [0.4, 0.5) is 0 Å². The standard InChI is InChI=1S/C37H31N3.C9H10.C2H6/c1-4-25(2)37(38-26(3)27-15-7-5-8-16-27)40-32-21-13-11-19-29(32)30-23-24-34-35(36(30)40)31-20-12-14-22-33(31)39(34)28-17-9-6-10-18-28;1-8(2)9-6-4-3-5-7-9;1-2/h5-24H,4H2,1-3H3;3-7H,1H2,2H3;1-2H3/b37-25?,38-26+;;. The van der Waals surface area contributed by atoms with E-state index in [2.05, 4.69) is 170 Å². The molecule has 3 heteroatoms. The molecule has 0 saturated heterocycles. The van der Waals surface area contributed by atoms with Gasteiger partial charge in [-0.25, -0.2) is 4.99 Å². The molecular formula is C48H47N3. The predicted octanol–water partition coefficient (Wildman–Crippen LogP) is 13.7. The fourth-order valence-electron chi connectivity index (χ4n) is 6.70. The highest BCUT2D eigenvalue weighted by Gasteiger charge is 2.22. The highest BCUT2D eigenvalue weighted by atomic mass is 15.1. The molecule has 3 nitrogen and oxygen atoms in total. The van der Waals surface area contributed by atoms with E-state index in [1.807, 2.05) is 39.0 Å². The lowest BCUT2D eigenvalue weighted by Crippen LogP contribution is -2.03. The van der Waals surface area contributed by atoms with Gasteiger partial charge in [0.25, 0.3) is 0 Å². The third-order valence-corrected chi connectivity index (χ3v) is 9.34. The zero-order chi connectivity index (χ0) is 35.9. The lowest BCUT2D eigenvalue weighted by atomic mass is 10.1. The molecule has 0 saturated carbocycles. The van der Waals surface area contributed by atoms with E-state index in [9.17, 15) is 0 Å². The van der Waals surface area contributed by atoms with Gasteiger partial charge in [0, 0.05) is 32.9 Å². The fourth-order valence-corrected chi connectivity index (χ4v) is 6.70. The molecule has 51 heavy (non-hydrogen) atoms. The number of allylic oxidation sites excluding steroid dienone is 2. The van der Waals surface area contributed by atoms with Crippen LogP contribution in [-0.2, 0) is 0 Å². The maximum atomic E-state index is 5.36. The maximum Gasteiger partial charge on any atom is 0.136 e. The van der Waals surface area contributed by atoms with Crippen molar-refractivity contribution in [1.29, 1.82) is 0 Å². The zero-order valence-electron chi connectivity index (χ0n) is 30.7. The Morgan fingerprint density at radius 2 is 1.08 bits per heavy atom. The topological polar surface area (TPSA) is 22.2 Å². The summed E-state index contributed by atoms with van der Waals surface area (Å²) in [4.78, 5) is 5.36. The van der Waals surface area contributed by atoms with E-state index in [-0.39, 0.29) is 0 Å². The average molecular weight is 666 g/mol. The molecular weight excluding hydrogens is 619 g/mol. The molecule has 0 unspecified atom stereocenters. The highest BCUT2D eigenvalue weighted by molar-refractivity contribution is 6.26. The SMILES string of the molecule is C=C(C)c1ccccc1.CC.CCC(C)=C(/N=C(\C)c1ccccc1)n1c2ccccc2c2ccc3c(c4ccccc4n3-c3ccccc3)c21. The van der Waals surface area contributed by atoms with Crippen LogP contribution in [0.5, 0.6) is 0 Å². The number of benzene rings is 6. The van der Waals surface area contributed by atoms with Crippen LogP contribution in [-0.4, -0.2) is 14.8 Å². The summed E-state index contributed by atoms with van der Waals surface area (Å²) in [6, 6.07) is 53.4. The summed E-state index contributed by atoms with van der Waals surface area (Å²) in [6.07, 6.45) is 0.913. The van der Waals surface area contributed by atoms with Gasteiger partial charge in [0.1, 0.15) is 5.82 Å². The van der Waals surface area contributed by atoms with E-state index in [0.717, 1.165) is 34.8 Å². The molecule has 2 aromatic heterocycles. The van der Waals surface area contributed by atoms with Gasteiger partial charge in [-0.1, -0.05) is 154 Å². The van der Waals surface area contributed by atoms with Crippen molar-refractivity contribution in [2.24, 2.45) is 4.99 Å². The molecule has 0 spiro atoms. The van der Waals surface area contributed by atoms with Gasteiger partial charge in [-0.2, -0.15) is 0 Å². The summed E-state index contributed by atoms with van der Waals surface area (Å²) in [5, 5.41) is 4.98. The van der Waals surface area contributed by atoms with Gasteiger partial charge in [0.05, 0.1) is 22.1 Å². The number of aromatic nitrogens is 2. The first-order chi connectivity index (χ1) is 25.0. The number of nitrogens with zero attached hydrogens (tertiary/aromatic N) is 3. The molecule has 0 aliphatic rings. The molecule has 254 valence electrons. The lowest BCUT2D eigenvalue weighted by Gasteiger charge is -2.14. The minimum absolute atomic E-state index is 0.913. The molecule has 0 bridgehead atoms. The molecule has 0 amide bonds. The second kappa shape index (κ2) is 15.7. The number of aliphatic imine (C=N–C) groups is 1. The van der Waals surface area contributed by atoms with Crippen LogP contribution in [0.2, 0.25) is 0 Å². The summed E-state index contributed by atoms with van der Waals surface area (Å²) < 4.78 is 4.81. The second-order valence-corrected chi connectivity index (χ2v) is 12.6. The highest BCUT2D eigenvalue weighted by Crippen LogP contribution is 2.42. The normalized spacial score (nSPS) is 11.9. The van der Waals surface area contributed by atoms with Gasteiger partial charge in [-0.15, -0.1) is 0 Å². The van der Waals surface area contributed by atoms with E-state index in [1.54, 1.807) is 0 Å². The minimum atomic E-state index is 0.913. The molecule has 6 aromatic carbocycles. The Morgan fingerprint density at radius 3 is 1.67 bits per heavy atom. The Hall–Kier alpha value is -5.93. The largest absolute Gasteiger partial charge is 0.309 e. The van der Waals surface area contributed by atoms with Crippen LogP contribution in [0.25, 0.3) is 60.7 Å². The summed E-state index contributed by atoms with van der Waals surface area (Å²) in [6.45, 7) is 16.4. The first-order valence-corrected chi connectivity index (χ1v) is 18.0. The molecule has 2 heterocycles. The minimum Gasteiger partial charge on any atom is -0.309 e. The number of para-hydroxylation sites is 3. The first kappa shape index (κ1) is 34.9. The van der Waals surface area contributed by atoms with Crippen LogP contribution < -0.4 is 0 Å². The third-order valence-electron chi connectivity index (χ3n) is 9.34. The molecule has 0 fully saturated rings. The number of rotatable bonds is 6. The predicted molar refractivity (Wildman–Crippen MR) is 224 cm³/mol. The van der Waals surface area contributed by atoms with Crippen molar-refractivity contribution in [3.05, 3.63) is 175 Å². The van der Waals surface area contributed by atoms with E-state index < -0.39 is 0 Å². The van der Waals surface area contributed by atoms with Crippen LogP contribution >= 0.6 is 0 Å². The molecule has 0 radical (unpaired) electrons. The Labute approximate surface area is 302 Å². The van der Waals surface area contributed by atoms with Gasteiger partial charge in [-0.05, 0) is 74.2 Å². The second-order valence-electron chi connectivity index (χ2n) is 12.6. The van der Waals surface area contributed by atoms with Crippen molar-refractivity contribution in [3.8, 4) is 5.69 Å². The van der Waals surface area contributed by atoms with Gasteiger partial charge >= 0.3 is 0 Å². The van der Waals surface area contributed by atoms with Gasteiger partial charge < -0.3 is 4.57 Å². The van der Waals surface area contributed by atoms with Crippen LogP contribution in [0, 0.1) is 0 Å². The molecule has 0 N–H and O–H groups in total. The Morgan fingerprint density at radius 1 is 0.549 bits per heavy atom. The van der Waals surface area contributed by atoms with E-state index in [4.69, 9.17) is 4.99 Å².